The third kappa shape index (κ3) is 1.39. The minimum absolute atomic E-state index is 0.332. The summed E-state index contributed by atoms with van der Waals surface area (Å²) >= 11 is 6.07. The van der Waals surface area contributed by atoms with Crippen LogP contribution in [0, 0.1) is 25.2 Å². The minimum Gasteiger partial charge on any atom is -0.397 e. The zero-order chi connectivity index (χ0) is 11.9. The van der Waals surface area contributed by atoms with Crippen molar-refractivity contribution in [3.05, 3.63) is 34.0 Å². The summed E-state index contributed by atoms with van der Waals surface area (Å²) in [6.07, 6.45) is 1.76. The van der Waals surface area contributed by atoms with Gasteiger partial charge in [0.05, 0.1) is 21.8 Å². The average molecular weight is 232 g/mol. The molecule has 0 aliphatic rings. The predicted molar refractivity (Wildman–Crippen MR) is 65.4 cm³/mol. The van der Waals surface area contributed by atoms with Gasteiger partial charge in [-0.15, -0.1) is 0 Å². The standard InChI is InChI=1S/C12H10ClN3/c1-6-3-8-11(15)9(4-14)10(13)7(2)12(8)16-5-6/h3,5H,15H2,1-2H3. The Balaban J connectivity index is 3.03. The molecule has 0 aliphatic heterocycles. The molecule has 0 unspecified atom stereocenters. The van der Waals surface area contributed by atoms with Gasteiger partial charge in [0.25, 0.3) is 0 Å². The summed E-state index contributed by atoms with van der Waals surface area (Å²) in [4.78, 5) is 4.30. The van der Waals surface area contributed by atoms with E-state index in [-0.39, 0.29) is 0 Å². The van der Waals surface area contributed by atoms with Gasteiger partial charge in [0.2, 0.25) is 0 Å². The van der Waals surface area contributed by atoms with Gasteiger partial charge in [-0.25, -0.2) is 0 Å². The molecule has 0 saturated carbocycles. The highest BCUT2D eigenvalue weighted by Gasteiger charge is 2.14. The first kappa shape index (κ1) is 10.7. The Bertz CT molecular complexity index is 626. The molecule has 16 heavy (non-hydrogen) atoms. The van der Waals surface area contributed by atoms with Crippen molar-refractivity contribution in [2.45, 2.75) is 13.8 Å². The number of nitrogen functional groups attached to an aromatic ring is 1. The fourth-order valence-electron chi connectivity index (χ4n) is 1.73. The Morgan fingerprint density at radius 3 is 2.75 bits per heavy atom. The van der Waals surface area contributed by atoms with Crippen LogP contribution in [-0.2, 0) is 0 Å². The van der Waals surface area contributed by atoms with E-state index in [1.54, 1.807) is 6.20 Å². The molecule has 1 heterocycles. The van der Waals surface area contributed by atoms with Gasteiger partial charge < -0.3 is 5.73 Å². The van der Waals surface area contributed by atoms with E-state index in [9.17, 15) is 0 Å². The van der Waals surface area contributed by atoms with Crippen molar-refractivity contribution >= 4 is 28.2 Å². The van der Waals surface area contributed by atoms with Crippen LogP contribution in [0.2, 0.25) is 5.02 Å². The lowest BCUT2D eigenvalue weighted by Gasteiger charge is -2.10. The van der Waals surface area contributed by atoms with Crippen molar-refractivity contribution in [3.8, 4) is 6.07 Å². The fourth-order valence-corrected chi connectivity index (χ4v) is 1.96. The van der Waals surface area contributed by atoms with Crippen molar-refractivity contribution in [3.63, 3.8) is 0 Å². The van der Waals surface area contributed by atoms with Crippen molar-refractivity contribution in [2.24, 2.45) is 0 Å². The minimum atomic E-state index is 0.332. The van der Waals surface area contributed by atoms with Gasteiger partial charge in [-0.05, 0) is 31.0 Å². The van der Waals surface area contributed by atoms with E-state index < -0.39 is 0 Å². The molecule has 0 atom stereocenters. The second-order valence-corrected chi connectivity index (χ2v) is 4.13. The maximum absolute atomic E-state index is 9.02. The highest BCUT2D eigenvalue weighted by atomic mass is 35.5. The number of nitrogens with two attached hydrogens (primary N) is 1. The van der Waals surface area contributed by atoms with E-state index in [0.29, 0.717) is 16.3 Å². The molecule has 0 aliphatic carbocycles. The number of nitriles is 1. The molecule has 0 bridgehead atoms. The van der Waals surface area contributed by atoms with E-state index >= 15 is 0 Å². The molecule has 3 nitrogen and oxygen atoms in total. The van der Waals surface area contributed by atoms with E-state index in [4.69, 9.17) is 22.6 Å². The molecular formula is C12H10ClN3. The molecule has 0 radical (unpaired) electrons. The third-order valence-corrected chi connectivity index (χ3v) is 3.07. The van der Waals surface area contributed by atoms with Crippen LogP contribution in [0.4, 0.5) is 5.69 Å². The summed E-state index contributed by atoms with van der Waals surface area (Å²) in [6.45, 7) is 3.77. The first-order chi connectivity index (χ1) is 7.56. The maximum atomic E-state index is 9.02. The first-order valence-electron chi connectivity index (χ1n) is 4.80. The van der Waals surface area contributed by atoms with Crippen LogP contribution in [0.3, 0.4) is 0 Å². The normalized spacial score (nSPS) is 10.4. The number of hydrogen-bond acceptors (Lipinski definition) is 3. The number of hydrogen-bond donors (Lipinski definition) is 1. The number of pyridine rings is 1. The predicted octanol–water partition coefficient (Wildman–Crippen LogP) is 2.96. The summed E-state index contributed by atoms with van der Waals surface area (Å²) in [7, 11) is 0. The van der Waals surface area contributed by atoms with E-state index in [1.165, 1.54) is 0 Å². The van der Waals surface area contributed by atoms with E-state index in [1.807, 2.05) is 26.0 Å². The maximum Gasteiger partial charge on any atom is 0.103 e. The lowest BCUT2D eigenvalue weighted by molar-refractivity contribution is 1.31. The molecule has 0 fully saturated rings. The average Bonchev–Trinajstić information content (AvgIpc) is 2.27. The molecule has 4 heteroatoms. The molecule has 2 N–H and O–H groups in total. The summed E-state index contributed by atoms with van der Waals surface area (Å²) in [6, 6.07) is 3.95. The monoisotopic (exact) mass is 231 g/mol. The van der Waals surface area contributed by atoms with Crippen LogP contribution < -0.4 is 5.73 Å². The van der Waals surface area contributed by atoms with E-state index in [0.717, 1.165) is 22.0 Å². The van der Waals surface area contributed by atoms with Crippen LogP contribution in [0.25, 0.3) is 10.9 Å². The van der Waals surface area contributed by atoms with Crippen molar-refractivity contribution in [2.75, 3.05) is 5.73 Å². The largest absolute Gasteiger partial charge is 0.397 e. The van der Waals surface area contributed by atoms with Crippen molar-refractivity contribution in [1.29, 1.82) is 5.26 Å². The van der Waals surface area contributed by atoms with E-state index in [2.05, 4.69) is 4.98 Å². The number of aryl methyl sites for hydroxylation is 2. The Morgan fingerprint density at radius 1 is 1.44 bits per heavy atom. The van der Waals surface area contributed by atoms with Crippen LogP contribution >= 0.6 is 11.6 Å². The summed E-state index contributed by atoms with van der Waals surface area (Å²) in [5.74, 6) is 0. The zero-order valence-electron chi connectivity index (χ0n) is 9.00. The van der Waals surface area contributed by atoms with Crippen LogP contribution in [0.15, 0.2) is 12.3 Å². The SMILES string of the molecule is Cc1cnc2c(C)c(Cl)c(C#N)c(N)c2c1. The van der Waals surface area contributed by atoms with Gasteiger partial charge in [-0.2, -0.15) is 5.26 Å². The number of halogens is 1. The number of benzene rings is 1. The topological polar surface area (TPSA) is 62.7 Å². The van der Waals surface area contributed by atoms with Crippen molar-refractivity contribution < 1.29 is 0 Å². The Labute approximate surface area is 98.5 Å². The number of rotatable bonds is 0. The van der Waals surface area contributed by atoms with Crippen LogP contribution in [0.1, 0.15) is 16.7 Å². The number of anilines is 1. The quantitative estimate of drug-likeness (QED) is 0.709. The highest BCUT2D eigenvalue weighted by Crippen LogP contribution is 2.34. The molecular weight excluding hydrogens is 222 g/mol. The molecule has 80 valence electrons. The van der Waals surface area contributed by atoms with Gasteiger partial charge in [-0.3, -0.25) is 4.98 Å². The second kappa shape index (κ2) is 3.66. The number of fused-ring (bicyclic) bond motifs is 1. The molecule has 0 spiro atoms. The highest BCUT2D eigenvalue weighted by molar-refractivity contribution is 6.34. The second-order valence-electron chi connectivity index (χ2n) is 3.75. The Morgan fingerprint density at radius 2 is 2.12 bits per heavy atom. The lowest BCUT2D eigenvalue weighted by atomic mass is 10.0. The molecule has 0 amide bonds. The van der Waals surface area contributed by atoms with Gasteiger partial charge in [0.1, 0.15) is 6.07 Å². The van der Waals surface area contributed by atoms with Gasteiger partial charge in [-0.1, -0.05) is 11.6 Å². The van der Waals surface area contributed by atoms with Gasteiger partial charge >= 0.3 is 0 Å². The molecule has 1 aromatic carbocycles. The molecule has 1 aromatic heterocycles. The lowest BCUT2D eigenvalue weighted by Crippen LogP contribution is -1.98. The number of nitrogens with zero attached hydrogens (tertiary/aromatic N) is 2. The Kier molecular flexibility index (Phi) is 2.45. The molecule has 0 saturated heterocycles. The van der Waals surface area contributed by atoms with Crippen LogP contribution in [0.5, 0.6) is 0 Å². The molecule has 2 aromatic rings. The van der Waals surface area contributed by atoms with Crippen LogP contribution in [-0.4, -0.2) is 4.98 Å². The molecule has 2 rings (SSSR count). The summed E-state index contributed by atoms with van der Waals surface area (Å²) in [5.41, 5.74) is 9.22. The first-order valence-corrected chi connectivity index (χ1v) is 5.18. The summed E-state index contributed by atoms with van der Waals surface area (Å²) < 4.78 is 0. The summed E-state index contributed by atoms with van der Waals surface area (Å²) in [5, 5.41) is 10.2. The zero-order valence-corrected chi connectivity index (χ0v) is 9.76. The number of aromatic nitrogens is 1. The van der Waals surface area contributed by atoms with Crippen molar-refractivity contribution in [1.82, 2.24) is 4.98 Å². The van der Waals surface area contributed by atoms with Gasteiger partial charge in [0.15, 0.2) is 0 Å². The third-order valence-electron chi connectivity index (χ3n) is 2.60. The van der Waals surface area contributed by atoms with Gasteiger partial charge in [0, 0.05) is 11.6 Å². The Hall–Kier alpha value is -1.79. The fraction of sp³-hybridized carbons (Fsp3) is 0.167. The smallest absolute Gasteiger partial charge is 0.103 e.